The van der Waals surface area contributed by atoms with Crippen LogP contribution in [-0.4, -0.2) is 72.1 Å². The van der Waals surface area contributed by atoms with Crippen molar-refractivity contribution in [3.05, 3.63) is 0 Å². The molecule has 1 aliphatic heterocycles. The fraction of sp³-hybridized carbons (Fsp3) is 0.919. The fourth-order valence-electron chi connectivity index (χ4n) is 9.46. The molecular weight excluding hydrogens is 564 g/mol. The molecule has 7 atom stereocenters. The monoisotopic (exact) mass is 628 g/mol. The van der Waals surface area contributed by atoms with E-state index in [1.807, 2.05) is 0 Å². The minimum atomic E-state index is -0.617. The molecule has 4 aliphatic carbocycles. The van der Waals surface area contributed by atoms with E-state index in [0.717, 1.165) is 103 Å². The molecule has 0 aromatic heterocycles. The Hall–Kier alpha value is -1.67. The van der Waals surface area contributed by atoms with Gasteiger partial charge in [0.05, 0.1) is 18.2 Å². The summed E-state index contributed by atoms with van der Waals surface area (Å²) in [5, 5.41) is 9.80. The van der Waals surface area contributed by atoms with Crippen molar-refractivity contribution in [1.29, 1.82) is 0 Å². The van der Waals surface area contributed by atoms with Crippen molar-refractivity contribution < 1.29 is 19.1 Å². The zero-order valence-electron chi connectivity index (χ0n) is 28.5. The molecule has 8 nitrogen and oxygen atoms in total. The van der Waals surface area contributed by atoms with Gasteiger partial charge in [-0.25, -0.2) is 0 Å². The lowest BCUT2D eigenvalue weighted by atomic mass is 9.80. The highest BCUT2D eigenvalue weighted by Crippen LogP contribution is 2.36. The van der Waals surface area contributed by atoms with Gasteiger partial charge < -0.3 is 20.7 Å². The number of fused-ring (bicyclic) bond motifs is 4. The number of hydrogen-bond acceptors (Lipinski definition) is 5. The molecule has 1 heterocycles. The summed E-state index contributed by atoms with van der Waals surface area (Å²) in [6.45, 7) is 5.85. The molecule has 5 aliphatic rings. The quantitative estimate of drug-likeness (QED) is 0.306. The number of carbonyl (C=O) groups excluding carboxylic acids is 3. The Morgan fingerprint density at radius 2 is 1.33 bits per heavy atom. The summed E-state index contributed by atoms with van der Waals surface area (Å²) in [6, 6.07) is -1.26. The van der Waals surface area contributed by atoms with Crippen molar-refractivity contribution in [1.82, 2.24) is 20.9 Å². The molecule has 0 radical (unpaired) electrons. The molecule has 3 amide bonds. The highest BCUT2D eigenvalue weighted by Gasteiger charge is 2.37. The first kappa shape index (κ1) is 34.7. The van der Waals surface area contributed by atoms with E-state index in [4.69, 9.17) is 4.74 Å². The number of carbonyl (C=O) groups is 3. The predicted octanol–water partition coefficient (Wildman–Crippen LogP) is 6.01. The Morgan fingerprint density at radius 3 is 1.98 bits per heavy atom. The highest BCUT2D eigenvalue weighted by atomic mass is 16.5. The van der Waals surface area contributed by atoms with Crippen molar-refractivity contribution >= 4 is 17.7 Å². The first-order valence-electron chi connectivity index (χ1n) is 19.2. The van der Waals surface area contributed by atoms with Gasteiger partial charge in [-0.05, 0) is 95.1 Å². The summed E-state index contributed by atoms with van der Waals surface area (Å²) in [4.78, 5) is 44.4. The highest BCUT2D eigenvalue weighted by molar-refractivity contribution is 5.93. The van der Waals surface area contributed by atoms with Crippen molar-refractivity contribution in [2.45, 2.75) is 185 Å². The van der Waals surface area contributed by atoms with E-state index in [0.29, 0.717) is 30.6 Å². The molecule has 1 saturated heterocycles. The van der Waals surface area contributed by atoms with Crippen LogP contribution in [0.5, 0.6) is 0 Å². The van der Waals surface area contributed by atoms with E-state index in [1.165, 1.54) is 32.1 Å². The van der Waals surface area contributed by atoms with Crippen LogP contribution >= 0.6 is 0 Å². The third kappa shape index (κ3) is 10.2. The smallest absolute Gasteiger partial charge is 0.243 e. The molecule has 45 heavy (non-hydrogen) atoms. The van der Waals surface area contributed by atoms with Gasteiger partial charge in [0.25, 0.3) is 0 Å². The van der Waals surface area contributed by atoms with Crippen LogP contribution in [0.4, 0.5) is 0 Å². The van der Waals surface area contributed by atoms with Crippen LogP contribution < -0.4 is 16.0 Å². The molecule has 5 rings (SSSR count). The van der Waals surface area contributed by atoms with E-state index in [9.17, 15) is 14.4 Å². The average Bonchev–Trinajstić information content (AvgIpc) is 3.56. The average molecular weight is 629 g/mol. The van der Waals surface area contributed by atoms with E-state index < -0.39 is 12.1 Å². The van der Waals surface area contributed by atoms with Gasteiger partial charge in [-0.15, -0.1) is 0 Å². The summed E-state index contributed by atoms with van der Waals surface area (Å²) in [7, 11) is 0. The first-order valence-corrected chi connectivity index (χ1v) is 19.2. The Labute approximate surface area is 273 Å². The fourth-order valence-corrected chi connectivity index (χ4v) is 9.46. The van der Waals surface area contributed by atoms with E-state index in [-0.39, 0.29) is 42.0 Å². The van der Waals surface area contributed by atoms with Crippen LogP contribution in [0.3, 0.4) is 0 Å². The van der Waals surface area contributed by atoms with Crippen molar-refractivity contribution in [3.8, 4) is 0 Å². The number of hydrogen-bond donors (Lipinski definition) is 3. The largest absolute Gasteiger partial charge is 0.375 e. The molecule has 256 valence electrons. The standard InChI is InChI=1S/C37H64N4O4/c1-3-41(4-2)34-25-28-15-11-19-31(23-28)45-30-18-10-14-27(22-30)24-33(36(43)38-29-16-8-9-17-29)40-35(42)32(39-37(34)44)21-20-26-12-6-5-7-13-26/h26-34H,3-25H2,1-2H3,(H,38,43)(H,39,44)(H,40,42)/t27?,28?,30?,31?,32-,33-,34-/m0/s1. The molecule has 8 heteroatoms. The lowest BCUT2D eigenvalue weighted by Gasteiger charge is -2.39. The zero-order chi connectivity index (χ0) is 31.6. The number of rotatable bonds is 8. The molecular formula is C37H64N4O4. The zero-order valence-corrected chi connectivity index (χ0v) is 28.5. The van der Waals surface area contributed by atoms with Gasteiger partial charge in [0.1, 0.15) is 12.1 Å². The Kier molecular flexibility index (Phi) is 13.5. The van der Waals surface area contributed by atoms with Crippen LogP contribution in [-0.2, 0) is 19.1 Å². The summed E-state index contributed by atoms with van der Waals surface area (Å²) in [6.07, 6.45) is 22.7. The van der Waals surface area contributed by atoms with Gasteiger partial charge in [-0.1, -0.05) is 84.5 Å². The second-order valence-electron chi connectivity index (χ2n) is 15.3. The van der Waals surface area contributed by atoms with Gasteiger partial charge >= 0.3 is 0 Å². The first-order chi connectivity index (χ1) is 21.9. The topological polar surface area (TPSA) is 99.8 Å². The summed E-state index contributed by atoms with van der Waals surface area (Å²) in [5.74, 6) is 1.15. The molecule has 0 spiro atoms. The molecule has 4 unspecified atom stereocenters. The van der Waals surface area contributed by atoms with Gasteiger partial charge in [0, 0.05) is 6.04 Å². The number of likely N-dealkylation sites (N-methyl/N-ethyl adjacent to an activating group) is 1. The van der Waals surface area contributed by atoms with Crippen LogP contribution in [0.1, 0.15) is 149 Å². The maximum atomic E-state index is 14.2. The second-order valence-corrected chi connectivity index (χ2v) is 15.3. The van der Waals surface area contributed by atoms with E-state index in [1.54, 1.807) is 0 Å². The number of ether oxygens (including phenoxy) is 1. The van der Waals surface area contributed by atoms with E-state index in [2.05, 4.69) is 34.7 Å². The molecule has 4 bridgehead atoms. The van der Waals surface area contributed by atoms with Crippen LogP contribution in [0.2, 0.25) is 0 Å². The SMILES string of the molecule is CCN(CC)[C@H]1CC2CCCC(C2)OC2CCCC(C2)C[C@@H](C(=O)NC2CCCC2)NC(=O)[C@H](CCC2CCCCC2)NC1=O. The lowest BCUT2D eigenvalue weighted by Crippen LogP contribution is -2.58. The van der Waals surface area contributed by atoms with Crippen molar-refractivity contribution in [2.24, 2.45) is 17.8 Å². The second kappa shape index (κ2) is 17.5. The van der Waals surface area contributed by atoms with Crippen LogP contribution in [0, 0.1) is 17.8 Å². The summed E-state index contributed by atoms with van der Waals surface area (Å²) < 4.78 is 6.80. The number of amides is 3. The van der Waals surface area contributed by atoms with Gasteiger partial charge in [-0.3, -0.25) is 19.3 Å². The van der Waals surface area contributed by atoms with Crippen LogP contribution in [0.25, 0.3) is 0 Å². The minimum Gasteiger partial charge on any atom is -0.375 e. The van der Waals surface area contributed by atoms with Gasteiger partial charge in [0.15, 0.2) is 0 Å². The molecule has 3 N–H and O–H groups in total. The number of nitrogens with zero attached hydrogens (tertiary/aromatic N) is 1. The number of nitrogens with one attached hydrogen (secondary N) is 3. The minimum absolute atomic E-state index is 0.0264. The normalized spacial score (nSPS) is 34.7. The van der Waals surface area contributed by atoms with Gasteiger partial charge in [0.2, 0.25) is 17.7 Å². The summed E-state index contributed by atoms with van der Waals surface area (Å²) >= 11 is 0. The third-order valence-electron chi connectivity index (χ3n) is 12.1. The van der Waals surface area contributed by atoms with E-state index >= 15 is 0 Å². The van der Waals surface area contributed by atoms with Crippen LogP contribution in [0.15, 0.2) is 0 Å². The Balaban J connectivity index is 1.40. The third-order valence-corrected chi connectivity index (χ3v) is 12.1. The molecule has 4 saturated carbocycles. The summed E-state index contributed by atoms with van der Waals surface area (Å²) in [5.41, 5.74) is 0. The molecule has 5 fully saturated rings. The van der Waals surface area contributed by atoms with Crippen molar-refractivity contribution in [3.63, 3.8) is 0 Å². The maximum Gasteiger partial charge on any atom is 0.243 e. The molecule has 0 aromatic carbocycles. The van der Waals surface area contributed by atoms with Gasteiger partial charge in [-0.2, -0.15) is 0 Å². The maximum absolute atomic E-state index is 14.2. The Bertz CT molecular complexity index is 945. The predicted molar refractivity (Wildman–Crippen MR) is 179 cm³/mol. The van der Waals surface area contributed by atoms with Crippen molar-refractivity contribution in [2.75, 3.05) is 13.1 Å². The Morgan fingerprint density at radius 1 is 0.711 bits per heavy atom. The molecule has 0 aromatic rings. The lowest BCUT2D eigenvalue weighted by molar-refractivity contribution is -0.135.